The first-order valence-electron chi connectivity index (χ1n) is 6.61. The van der Waals surface area contributed by atoms with E-state index in [0.717, 1.165) is 16.6 Å². The van der Waals surface area contributed by atoms with E-state index in [9.17, 15) is 0 Å². The molecular weight excluding hydrogens is 232 g/mol. The molecule has 2 heteroatoms. The maximum atomic E-state index is 4.38. The van der Waals surface area contributed by atoms with Crippen molar-refractivity contribution in [3.05, 3.63) is 60.6 Å². The Morgan fingerprint density at radius 2 is 1.58 bits per heavy atom. The van der Waals surface area contributed by atoms with Crippen LogP contribution in [0.1, 0.15) is 19.5 Å². The third kappa shape index (κ3) is 2.79. The van der Waals surface area contributed by atoms with Crippen LogP contribution in [0.5, 0.6) is 0 Å². The molecule has 0 amide bonds. The van der Waals surface area contributed by atoms with Crippen molar-refractivity contribution in [1.82, 2.24) is 9.97 Å². The molecule has 1 aromatic carbocycles. The molecule has 0 saturated heterocycles. The molecule has 0 fully saturated rings. The third-order valence-corrected chi connectivity index (χ3v) is 2.92. The average molecular weight is 250 g/mol. The molecule has 0 spiro atoms. The van der Waals surface area contributed by atoms with Gasteiger partial charge in [-0.15, -0.1) is 0 Å². The Morgan fingerprint density at radius 3 is 2.37 bits per heavy atom. The Balaban J connectivity index is 0.000000637. The first-order valence-corrected chi connectivity index (χ1v) is 6.61. The number of rotatable bonds is 1. The van der Waals surface area contributed by atoms with Crippen LogP contribution in [-0.2, 0) is 0 Å². The van der Waals surface area contributed by atoms with Gasteiger partial charge in [-0.3, -0.25) is 9.97 Å². The number of hydrogen-bond donors (Lipinski definition) is 0. The summed E-state index contributed by atoms with van der Waals surface area (Å²) in [5, 5.41) is 1.16. The zero-order chi connectivity index (χ0) is 13.7. The fourth-order valence-electron chi connectivity index (χ4n) is 2.02. The highest BCUT2D eigenvalue weighted by atomic mass is 14.7. The smallest absolute Gasteiger partial charge is 0.0708 e. The highest BCUT2D eigenvalue weighted by Crippen LogP contribution is 2.24. The predicted octanol–water partition coefficient (Wildman–Crippen LogP) is 4.63. The number of aromatic nitrogens is 2. The van der Waals surface area contributed by atoms with Gasteiger partial charge in [-0.25, -0.2) is 0 Å². The van der Waals surface area contributed by atoms with Crippen LogP contribution in [0.2, 0.25) is 0 Å². The Kier molecular flexibility index (Phi) is 4.24. The zero-order valence-corrected chi connectivity index (χ0v) is 11.6. The molecule has 2 heterocycles. The van der Waals surface area contributed by atoms with Gasteiger partial charge in [0, 0.05) is 29.0 Å². The van der Waals surface area contributed by atoms with Gasteiger partial charge in [0.2, 0.25) is 0 Å². The first-order chi connectivity index (χ1) is 9.34. The van der Waals surface area contributed by atoms with Crippen LogP contribution in [0.25, 0.3) is 22.0 Å². The van der Waals surface area contributed by atoms with E-state index in [1.165, 1.54) is 11.1 Å². The number of benzene rings is 1. The lowest BCUT2D eigenvalue weighted by atomic mass is 10.0. The lowest BCUT2D eigenvalue weighted by Gasteiger charge is -2.05. The maximum Gasteiger partial charge on any atom is 0.0708 e. The molecule has 0 N–H and O–H groups in total. The summed E-state index contributed by atoms with van der Waals surface area (Å²) in [5.41, 5.74) is 4.40. The molecule has 0 bridgehead atoms. The zero-order valence-electron chi connectivity index (χ0n) is 11.6. The van der Waals surface area contributed by atoms with Crippen molar-refractivity contribution in [3.63, 3.8) is 0 Å². The molecule has 0 aliphatic heterocycles. The van der Waals surface area contributed by atoms with E-state index in [0.29, 0.717) is 0 Å². The molecule has 3 rings (SSSR count). The molecular formula is C17H18N2. The normalized spacial score (nSPS) is 9.84. The van der Waals surface area contributed by atoms with Gasteiger partial charge in [-0.1, -0.05) is 38.1 Å². The molecule has 19 heavy (non-hydrogen) atoms. The minimum absolute atomic E-state index is 1.02. The fourth-order valence-corrected chi connectivity index (χ4v) is 2.02. The number of fused-ring (bicyclic) bond motifs is 1. The highest BCUT2D eigenvalue weighted by molar-refractivity contribution is 5.84. The molecule has 96 valence electrons. The van der Waals surface area contributed by atoms with Crippen LogP contribution < -0.4 is 0 Å². The van der Waals surface area contributed by atoms with Gasteiger partial charge < -0.3 is 0 Å². The second-order valence-corrected chi connectivity index (χ2v) is 4.05. The Hall–Kier alpha value is -2.22. The minimum atomic E-state index is 1.02. The molecule has 0 aliphatic rings. The minimum Gasteiger partial charge on any atom is -0.261 e. The average Bonchev–Trinajstić information content (AvgIpc) is 2.49. The monoisotopic (exact) mass is 250 g/mol. The molecule has 3 aromatic rings. The van der Waals surface area contributed by atoms with E-state index >= 15 is 0 Å². The van der Waals surface area contributed by atoms with Crippen molar-refractivity contribution in [2.75, 3.05) is 0 Å². The molecule has 0 atom stereocenters. The van der Waals surface area contributed by atoms with Crippen molar-refractivity contribution < 1.29 is 0 Å². The molecule has 2 nitrogen and oxygen atoms in total. The first kappa shape index (κ1) is 13.2. The van der Waals surface area contributed by atoms with E-state index in [1.54, 1.807) is 0 Å². The molecule has 0 saturated carbocycles. The van der Waals surface area contributed by atoms with E-state index < -0.39 is 0 Å². The van der Waals surface area contributed by atoms with Crippen LogP contribution >= 0.6 is 0 Å². The number of aryl methyl sites for hydroxylation is 1. The Labute approximate surface area is 114 Å². The van der Waals surface area contributed by atoms with Crippen molar-refractivity contribution in [3.8, 4) is 11.1 Å². The van der Waals surface area contributed by atoms with Gasteiger partial charge in [0.15, 0.2) is 0 Å². The van der Waals surface area contributed by atoms with E-state index in [-0.39, 0.29) is 0 Å². The van der Waals surface area contributed by atoms with Crippen molar-refractivity contribution in [2.24, 2.45) is 0 Å². The van der Waals surface area contributed by atoms with Crippen LogP contribution in [0.15, 0.2) is 54.9 Å². The summed E-state index contributed by atoms with van der Waals surface area (Å²) in [5.74, 6) is 0. The van der Waals surface area contributed by atoms with Gasteiger partial charge in [-0.2, -0.15) is 0 Å². The van der Waals surface area contributed by atoms with Crippen LogP contribution in [-0.4, -0.2) is 9.97 Å². The SMILES string of the molecule is CC.Cc1ncccc1-c1ccc2cccnc2c1. The maximum absolute atomic E-state index is 4.38. The van der Waals surface area contributed by atoms with Gasteiger partial charge >= 0.3 is 0 Å². The summed E-state index contributed by atoms with van der Waals surface area (Å²) < 4.78 is 0. The van der Waals surface area contributed by atoms with Crippen LogP contribution in [0.3, 0.4) is 0 Å². The highest BCUT2D eigenvalue weighted by Gasteiger charge is 2.03. The van der Waals surface area contributed by atoms with Gasteiger partial charge in [0.25, 0.3) is 0 Å². The molecule has 0 unspecified atom stereocenters. The van der Waals surface area contributed by atoms with Gasteiger partial charge in [-0.05, 0) is 30.7 Å². The summed E-state index contributed by atoms with van der Waals surface area (Å²) in [6.45, 7) is 6.03. The van der Waals surface area contributed by atoms with Crippen molar-refractivity contribution in [1.29, 1.82) is 0 Å². The summed E-state index contributed by atoms with van der Waals surface area (Å²) in [6, 6.07) is 14.4. The van der Waals surface area contributed by atoms with E-state index in [2.05, 4.69) is 40.3 Å². The number of pyridine rings is 2. The summed E-state index contributed by atoms with van der Waals surface area (Å²) in [6.07, 6.45) is 3.64. The van der Waals surface area contributed by atoms with E-state index in [1.807, 2.05) is 45.3 Å². The lowest BCUT2D eigenvalue weighted by Crippen LogP contribution is -1.87. The quantitative estimate of drug-likeness (QED) is 0.629. The number of hydrogen-bond acceptors (Lipinski definition) is 2. The molecule has 2 aromatic heterocycles. The Bertz CT molecular complexity index is 675. The predicted molar refractivity (Wildman–Crippen MR) is 81.1 cm³/mol. The van der Waals surface area contributed by atoms with E-state index in [4.69, 9.17) is 0 Å². The van der Waals surface area contributed by atoms with Gasteiger partial charge in [0.05, 0.1) is 5.52 Å². The largest absolute Gasteiger partial charge is 0.261 e. The van der Waals surface area contributed by atoms with Gasteiger partial charge in [0.1, 0.15) is 0 Å². The van der Waals surface area contributed by atoms with Crippen molar-refractivity contribution >= 4 is 10.9 Å². The summed E-state index contributed by atoms with van der Waals surface area (Å²) in [7, 11) is 0. The third-order valence-electron chi connectivity index (χ3n) is 2.92. The summed E-state index contributed by atoms with van der Waals surface area (Å²) >= 11 is 0. The lowest BCUT2D eigenvalue weighted by molar-refractivity contribution is 1.20. The standard InChI is InChI=1S/C15H12N2.C2H6/c1-11-14(5-3-8-16-11)13-7-6-12-4-2-9-17-15(12)10-13;1-2/h2-10H,1H3;1-2H3. The summed E-state index contributed by atoms with van der Waals surface area (Å²) in [4.78, 5) is 8.69. The Morgan fingerprint density at radius 1 is 0.842 bits per heavy atom. The molecule has 0 radical (unpaired) electrons. The van der Waals surface area contributed by atoms with Crippen molar-refractivity contribution in [2.45, 2.75) is 20.8 Å². The topological polar surface area (TPSA) is 25.8 Å². The van der Waals surface area contributed by atoms with Crippen LogP contribution in [0.4, 0.5) is 0 Å². The molecule has 0 aliphatic carbocycles. The number of nitrogens with zero attached hydrogens (tertiary/aromatic N) is 2. The second kappa shape index (κ2) is 6.10. The fraction of sp³-hybridized carbons (Fsp3) is 0.176. The van der Waals surface area contributed by atoms with Crippen LogP contribution in [0, 0.1) is 6.92 Å². The second-order valence-electron chi connectivity index (χ2n) is 4.05.